The molecule has 31 heavy (non-hydrogen) atoms. The zero-order valence-corrected chi connectivity index (χ0v) is 21.1. The van der Waals surface area contributed by atoms with Gasteiger partial charge in [0.15, 0.2) is 0 Å². The summed E-state index contributed by atoms with van der Waals surface area (Å²) in [4.78, 5) is 0. The van der Waals surface area contributed by atoms with Gasteiger partial charge in [0.25, 0.3) is 0 Å². The first-order valence-electron chi connectivity index (χ1n) is 13.3. The number of benzene rings is 2. The minimum absolute atomic E-state index is 1.08. The molecule has 0 aliphatic carbocycles. The van der Waals surface area contributed by atoms with Crippen molar-refractivity contribution in [1.29, 1.82) is 0 Å². The lowest BCUT2D eigenvalue weighted by Crippen LogP contribution is -1.98. The molecule has 0 radical (unpaired) electrons. The van der Waals surface area contributed by atoms with Crippen molar-refractivity contribution in [2.45, 2.75) is 124 Å². The summed E-state index contributed by atoms with van der Waals surface area (Å²) >= 11 is 0. The molecule has 0 N–H and O–H groups in total. The number of aryl methyl sites for hydroxylation is 4. The summed E-state index contributed by atoms with van der Waals surface area (Å²) < 4.78 is 0. The molecule has 172 valence electrons. The average molecular weight is 421 g/mol. The van der Waals surface area contributed by atoms with E-state index in [1.807, 2.05) is 0 Å². The fraction of sp³-hybridized carbons (Fsp3) is 0.613. The Morgan fingerprint density at radius 1 is 0.484 bits per heavy atom. The highest BCUT2D eigenvalue weighted by atomic mass is 14.1. The van der Waals surface area contributed by atoms with Crippen LogP contribution in [0, 0.1) is 13.8 Å². The smallest absolute Gasteiger partial charge is 0.00203 e. The summed E-state index contributed by atoms with van der Waals surface area (Å²) in [5.74, 6) is 0. The van der Waals surface area contributed by atoms with E-state index >= 15 is 0 Å². The van der Waals surface area contributed by atoms with Crippen LogP contribution in [0.25, 0.3) is 0 Å². The quantitative estimate of drug-likeness (QED) is 0.237. The third-order valence-electron chi connectivity index (χ3n) is 6.85. The van der Waals surface area contributed by atoms with Crippen molar-refractivity contribution in [2.24, 2.45) is 0 Å². The van der Waals surface area contributed by atoms with Gasteiger partial charge in [0.05, 0.1) is 0 Å². The van der Waals surface area contributed by atoms with Crippen molar-refractivity contribution >= 4 is 0 Å². The lowest BCUT2D eigenvalue weighted by molar-refractivity contribution is 0.607. The van der Waals surface area contributed by atoms with E-state index in [1.54, 1.807) is 0 Å². The van der Waals surface area contributed by atoms with Crippen molar-refractivity contribution in [3.05, 3.63) is 69.8 Å². The standard InChI is InChI=1S/C31H48/c1-5-7-9-11-13-15-17-28-21-19-26(3)30(23-28)25-31-24-29(22-20-27(31)4)18-16-14-12-10-8-6-2/h19-24H,5-18,25H2,1-4H3. The second kappa shape index (κ2) is 15.3. The highest BCUT2D eigenvalue weighted by molar-refractivity contribution is 5.39. The van der Waals surface area contributed by atoms with Crippen LogP contribution in [-0.4, -0.2) is 0 Å². The largest absolute Gasteiger partial charge is 0.0654 e. The molecule has 0 atom stereocenters. The summed E-state index contributed by atoms with van der Waals surface area (Å²) in [6.45, 7) is 9.14. The van der Waals surface area contributed by atoms with Gasteiger partial charge < -0.3 is 0 Å². The van der Waals surface area contributed by atoms with Crippen molar-refractivity contribution in [2.75, 3.05) is 0 Å². The molecule has 2 aromatic carbocycles. The van der Waals surface area contributed by atoms with E-state index in [-0.39, 0.29) is 0 Å². The monoisotopic (exact) mass is 420 g/mol. The molecule has 0 aliphatic rings. The Hall–Kier alpha value is -1.56. The van der Waals surface area contributed by atoms with Crippen LogP contribution in [0.3, 0.4) is 0 Å². The predicted molar refractivity (Wildman–Crippen MR) is 139 cm³/mol. The Morgan fingerprint density at radius 3 is 1.29 bits per heavy atom. The molecule has 2 rings (SSSR count). The summed E-state index contributed by atoms with van der Waals surface area (Å²) in [6.07, 6.45) is 20.0. The first-order valence-corrected chi connectivity index (χ1v) is 13.3. The normalized spacial score (nSPS) is 11.2. The topological polar surface area (TPSA) is 0 Å². The molecule has 0 bridgehead atoms. The van der Waals surface area contributed by atoms with E-state index in [0.29, 0.717) is 0 Å². The van der Waals surface area contributed by atoms with E-state index in [1.165, 1.54) is 123 Å². The van der Waals surface area contributed by atoms with Gasteiger partial charge in [-0.15, -0.1) is 0 Å². The second-order valence-electron chi connectivity index (χ2n) is 9.73. The lowest BCUT2D eigenvalue weighted by Gasteiger charge is -2.13. The van der Waals surface area contributed by atoms with E-state index in [4.69, 9.17) is 0 Å². The number of unbranched alkanes of at least 4 members (excludes halogenated alkanes) is 10. The molecular weight excluding hydrogens is 372 g/mol. The van der Waals surface area contributed by atoms with Crippen LogP contribution in [0.4, 0.5) is 0 Å². The molecule has 0 unspecified atom stereocenters. The Bertz CT molecular complexity index is 676. The maximum atomic E-state index is 2.49. The molecule has 0 spiro atoms. The highest BCUT2D eigenvalue weighted by Crippen LogP contribution is 2.22. The van der Waals surface area contributed by atoms with Gasteiger partial charge in [-0.3, -0.25) is 0 Å². The molecule has 0 heteroatoms. The van der Waals surface area contributed by atoms with E-state index in [9.17, 15) is 0 Å². The third-order valence-corrected chi connectivity index (χ3v) is 6.85. The summed E-state index contributed by atoms with van der Waals surface area (Å²) in [5.41, 5.74) is 8.96. The van der Waals surface area contributed by atoms with Gasteiger partial charge >= 0.3 is 0 Å². The van der Waals surface area contributed by atoms with Gasteiger partial charge in [0, 0.05) is 0 Å². The summed E-state index contributed by atoms with van der Waals surface area (Å²) in [5, 5.41) is 0. The molecule has 0 fully saturated rings. The van der Waals surface area contributed by atoms with Crippen LogP contribution in [0.15, 0.2) is 36.4 Å². The van der Waals surface area contributed by atoms with E-state index in [0.717, 1.165) is 6.42 Å². The first kappa shape index (κ1) is 25.7. The second-order valence-corrected chi connectivity index (χ2v) is 9.73. The molecule has 0 saturated carbocycles. The Labute approximate surface area is 193 Å². The van der Waals surface area contributed by atoms with Gasteiger partial charge in [-0.2, -0.15) is 0 Å². The Morgan fingerprint density at radius 2 is 0.871 bits per heavy atom. The fourth-order valence-electron chi connectivity index (χ4n) is 4.57. The van der Waals surface area contributed by atoms with Gasteiger partial charge in [0.2, 0.25) is 0 Å². The van der Waals surface area contributed by atoms with Crippen LogP contribution < -0.4 is 0 Å². The van der Waals surface area contributed by atoms with Gasteiger partial charge in [-0.05, 0) is 79.3 Å². The van der Waals surface area contributed by atoms with Gasteiger partial charge in [-0.25, -0.2) is 0 Å². The molecular formula is C31H48. The van der Waals surface area contributed by atoms with Crippen molar-refractivity contribution < 1.29 is 0 Å². The molecule has 0 heterocycles. The zero-order valence-electron chi connectivity index (χ0n) is 21.1. The van der Waals surface area contributed by atoms with Crippen LogP contribution in [0.5, 0.6) is 0 Å². The number of hydrogen-bond donors (Lipinski definition) is 0. The summed E-state index contributed by atoms with van der Waals surface area (Å²) in [6, 6.07) is 14.4. The van der Waals surface area contributed by atoms with Crippen LogP contribution in [-0.2, 0) is 19.3 Å². The van der Waals surface area contributed by atoms with Crippen molar-refractivity contribution in [3.8, 4) is 0 Å². The SMILES string of the molecule is CCCCCCCCc1ccc(C)c(Cc2cc(CCCCCCCC)ccc2C)c1. The van der Waals surface area contributed by atoms with Crippen molar-refractivity contribution in [1.82, 2.24) is 0 Å². The van der Waals surface area contributed by atoms with Gasteiger partial charge in [-0.1, -0.05) is 114 Å². The average Bonchev–Trinajstić information content (AvgIpc) is 2.77. The maximum Gasteiger partial charge on any atom is -0.00203 e. The molecule has 0 amide bonds. The zero-order chi connectivity index (χ0) is 22.3. The van der Waals surface area contributed by atoms with Crippen LogP contribution >= 0.6 is 0 Å². The first-order chi connectivity index (χ1) is 15.1. The fourth-order valence-corrected chi connectivity index (χ4v) is 4.57. The van der Waals surface area contributed by atoms with Crippen LogP contribution in [0.1, 0.15) is 124 Å². The van der Waals surface area contributed by atoms with E-state index in [2.05, 4.69) is 64.1 Å². The maximum absolute atomic E-state index is 2.49. The van der Waals surface area contributed by atoms with Crippen molar-refractivity contribution in [3.63, 3.8) is 0 Å². The number of rotatable bonds is 16. The summed E-state index contributed by atoms with van der Waals surface area (Å²) in [7, 11) is 0. The molecule has 0 aromatic heterocycles. The highest BCUT2D eigenvalue weighted by Gasteiger charge is 2.07. The van der Waals surface area contributed by atoms with Gasteiger partial charge in [0.1, 0.15) is 0 Å². The Balaban J connectivity index is 1.90. The predicted octanol–water partition coefficient (Wildman–Crippen LogP) is 9.70. The third kappa shape index (κ3) is 10.1. The number of hydrogen-bond acceptors (Lipinski definition) is 0. The molecule has 2 aromatic rings. The Kier molecular flexibility index (Phi) is 12.7. The minimum atomic E-state index is 1.08. The minimum Gasteiger partial charge on any atom is -0.0654 e. The lowest BCUT2D eigenvalue weighted by atomic mass is 9.92. The molecule has 0 nitrogen and oxygen atoms in total. The molecule has 0 saturated heterocycles. The van der Waals surface area contributed by atoms with Crippen LogP contribution in [0.2, 0.25) is 0 Å². The van der Waals surface area contributed by atoms with E-state index < -0.39 is 0 Å². The molecule has 0 aliphatic heterocycles.